The van der Waals surface area contributed by atoms with Gasteiger partial charge in [0.1, 0.15) is 23.6 Å². The first kappa shape index (κ1) is 17.8. The van der Waals surface area contributed by atoms with E-state index in [1.807, 2.05) is 31.7 Å². The van der Waals surface area contributed by atoms with E-state index >= 15 is 0 Å². The van der Waals surface area contributed by atoms with Crippen molar-refractivity contribution in [3.05, 3.63) is 12.4 Å². The second-order valence-electron chi connectivity index (χ2n) is 7.91. The summed E-state index contributed by atoms with van der Waals surface area (Å²) in [5, 5.41) is 6.73. The molecule has 2 fully saturated rings. The highest BCUT2D eigenvalue weighted by Crippen LogP contribution is 2.24. The first-order chi connectivity index (χ1) is 11.9. The van der Waals surface area contributed by atoms with E-state index in [1.54, 1.807) is 6.33 Å². The van der Waals surface area contributed by atoms with Gasteiger partial charge in [0, 0.05) is 25.2 Å². The molecule has 1 aromatic heterocycles. The van der Waals surface area contributed by atoms with Crippen LogP contribution in [0.2, 0.25) is 0 Å². The molecule has 2 N–H and O–H groups in total. The molecule has 1 aliphatic heterocycles. The number of ether oxygens (including phenoxy) is 1. The van der Waals surface area contributed by atoms with Crippen LogP contribution < -0.4 is 10.6 Å². The highest BCUT2D eigenvalue weighted by atomic mass is 16.6. The minimum Gasteiger partial charge on any atom is -0.444 e. The van der Waals surface area contributed by atoms with E-state index in [1.165, 1.54) is 12.8 Å². The first-order valence-electron chi connectivity index (χ1n) is 9.23. The maximum absolute atomic E-state index is 12.5. The Balaban J connectivity index is 1.57. The highest BCUT2D eigenvalue weighted by Gasteiger charge is 2.30. The van der Waals surface area contributed by atoms with Crippen LogP contribution in [0.25, 0.3) is 0 Å². The number of amides is 1. The molecule has 1 atom stereocenters. The lowest BCUT2D eigenvalue weighted by molar-refractivity contribution is 0.0114. The van der Waals surface area contributed by atoms with Crippen molar-refractivity contribution in [3.8, 4) is 0 Å². The molecule has 0 unspecified atom stereocenters. The summed E-state index contributed by atoms with van der Waals surface area (Å²) in [5.41, 5.74) is -0.470. The number of anilines is 2. The normalized spacial score (nSPS) is 20.9. The predicted octanol–water partition coefficient (Wildman–Crippen LogP) is 3.25. The summed E-state index contributed by atoms with van der Waals surface area (Å²) < 4.78 is 5.55. The average molecular weight is 347 g/mol. The third-order valence-electron chi connectivity index (χ3n) is 4.37. The SMILES string of the molecule is CC(C)(C)OC(=O)N1CCCC[C@@H]1CNc1cc(NC2CC2)ncn1. The standard InChI is InChI=1S/C18H29N5O2/c1-18(2,3)25-17(24)23-9-5-4-6-14(23)11-19-15-10-16(21-12-20-15)22-13-7-8-13/h10,12-14H,4-9,11H2,1-3H3,(H2,19,20,21,22)/t14-/m1/s1. The molecule has 1 saturated carbocycles. The quantitative estimate of drug-likeness (QED) is 0.851. The van der Waals surface area contributed by atoms with E-state index in [0.717, 1.165) is 37.4 Å². The fourth-order valence-corrected chi connectivity index (χ4v) is 2.97. The Morgan fingerprint density at radius 1 is 1.24 bits per heavy atom. The number of hydrogen-bond acceptors (Lipinski definition) is 6. The number of nitrogens with one attached hydrogen (secondary N) is 2. The molecular weight excluding hydrogens is 318 g/mol. The number of piperidine rings is 1. The van der Waals surface area contributed by atoms with Crippen LogP contribution in [-0.4, -0.2) is 51.7 Å². The van der Waals surface area contributed by atoms with Gasteiger partial charge in [0.05, 0.1) is 6.04 Å². The maximum atomic E-state index is 12.5. The van der Waals surface area contributed by atoms with Crippen LogP contribution in [-0.2, 0) is 4.74 Å². The number of rotatable bonds is 5. The van der Waals surface area contributed by atoms with Gasteiger partial charge in [0.15, 0.2) is 0 Å². The molecule has 1 aliphatic carbocycles. The van der Waals surface area contributed by atoms with E-state index in [9.17, 15) is 4.79 Å². The summed E-state index contributed by atoms with van der Waals surface area (Å²) in [6, 6.07) is 2.61. The fraction of sp³-hybridized carbons (Fsp3) is 0.722. The van der Waals surface area contributed by atoms with Gasteiger partial charge in [-0.2, -0.15) is 0 Å². The van der Waals surface area contributed by atoms with Gasteiger partial charge in [-0.25, -0.2) is 14.8 Å². The van der Waals surface area contributed by atoms with Gasteiger partial charge in [0.25, 0.3) is 0 Å². The summed E-state index contributed by atoms with van der Waals surface area (Å²) in [6.45, 7) is 7.12. The molecule has 3 rings (SSSR count). The topological polar surface area (TPSA) is 79.4 Å². The molecule has 0 aromatic carbocycles. The van der Waals surface area contributed by atoms with Crippen molar-refractivity contribution in [1.29, 1.82) is 0 Å². The predicted molar refractivity (Wildman–Crippen MR) is 97.7 cm³/mol. The number of carbonyl (C=O) groups excluding carboxylic acids is 1. The molecule has 1 saturated heterocycles. The van der Waals surface area contributed by atoms with Gasteiger partial charge in [-0.1, -0.05) is 0 Å². The molecular formula is C18H29N5O2. The minimum atomic E-state index is -0.470. The Hall–Kier alpha value is -2.05. The van der Waals surface area contributed by atoms with Crippen LogP contribution in [0.5, 0.6) is 0 Å². The number of nitrogens with zero attached hydrogens (tertiary/aromatic N) is 3. The number of carbonyl (C=O) groups is 1. The minimum absolute atomic E-state index is 0.124. The van der Waals surface area contributed by atoms with Crippen LogP contribution >= 0.6 is 0 Å². The first-order valence-corrected chi connectivity index (χ1v) is 9.23. The zero-order valence-electron chi connectivity index (χ0n) is 15.4. The van der Waals surface area contributed by atoms with Crippen LogP contribution in [0.4, 0.5) is 16.4 Å². The largest absolute Gasteiger partial charge is 0.444 e. The molecule has 0 bridgehead atoms. The molecule has 7 heteroatoms. The Kier molecular flexibility index (Phi) is 5.30. The second-order valence-corrected chi connectivity index (χ2v) is 7.91. The van der Waals surface area contributed by atoms with Crippen LogP contribution in [0.1, 0.15) is 52.9 Å². The van der Waals surface area contributed by atoms with Crippen LogP contribution in [0, 0.1) is 0 Å². The number of aromatic nitrogens is 2. The van der Waals surface area contributed by atoms with E-state index in [4.69, 9.17) is 4.74 Å². The van der Waals surface area contributed by atoms with Gasteiger partial charge in [0.2, 0.25) is 0 Å². The lowest BCUT2D eigenvalue weighted by atomic mass is 10.0. The van der Waals surface area contributed by atoms with Crippen molar-refractivity contribution < 1.29 is 9.53 Å². The Bertz CT molecular complexity index is 597. The molecule has 0 spiro atoms. The molecule has 2 aliphatic rings. The van der Waals surface area contributed by atoms with Gasteiger partial charge < -0.3 is 20.3 Å². The van der Waals surface area contributed by atoms with Gasteiger partial charge in [-0.3, -0.25) is 0 Å². The lowest BCUT2D eigenvalue weighted by Gasteiger charge is -2.36. The summed E-state index contributed by atoms with van der Waals surface area (Å²) in [7, 11) is 0. The molecule has 138 valence electrons. The molecule has 2 heterocycles. The zero-order valence-corrected chi connectivity index (χ0v) is 15.4. The van der Waals surface area contributed by atoms with Crippen LogP contribution in [0.3, 0.4) is 0 Å². The van der Waals surface area contributed by atoms with Crippen molar-refractivity contribution in [2.45, 2.75) is 70.6 Å². The molecule has 0 radical (unpaired) electrons. The van der Waals surface area contributed by atoms with Crippen molar-refractivity contribution in [1.82, 2.24) is 14.9 Å². The zero-order chi connectivity index (χ0) is 17.9. The number of likely N-dealkylation sites (tertiary alicyclic amines) is 1. The van der Waals surface area contributed by atoms with E-state index in [0.29, 0.717) is 12.6 Å². The van der Waals surface area contributed by atoms with Gasteiger partial charge in [-0.05, 0) is 52.9 Å². The smallest absolute Gasteiger partial charge is 0.410 e. The Morgan fingerprint density at radius 3 is 2.72 bits per heavy atom. The van der Waals surface area contributed by atoms with E-state index in [2.05, 4.69) is 20.6 Å². The Morgan fingerprint density at radius 2 is 2.00 bits per heavy atom. The van der Waals surface area contributed by atoms with Gasteiger partial charge >= 0.3 is 6.09 Å². The molecule has 7 nitrogen and oxygen atoms in total. The average Bonchev–Trinajstić information content (AvgIpc) is 3.36. The summed E-state index contributed by atoms with van der Waals surface area (Å²) in [4.78, 5) is 22.8. The summed E-state index contributed by atoms with van der Waals surface area (Å²) in [5.74, 6) is 1.64. The van der Waals surface area contributed by atoms with Crippen LogP contribution in [0.15, 0.2) is 12.4 Å². The molecule has 1 amide bonds. The third kappa shape index (κ3) is 5.47. The van der Waals surface area contributed by atoms with Crippen molar-refractivity contribution in [2.75, 3.05) is 23.7 Å². The number of hydrogen-bond donors (Lipinski definition) is 2. The van der Waals surface area contributed by atoms with Crippen molar-refractivity contribution >= 4 is 17.7 Å². The van der Waals surface area contributed by atoms with Crippen molar-refractivity contribution in [3.63, 3.8) is 0 Å². The lowest BCUT2D eigenvalue weighted by Crippen LogP contribution is -2.48. The molecule has 1 aromatic rings. The molecule has 25 heavy (non-hydrogen) atoms. The highest BCUT2D eigenvalue weighted by molar-refractivity contribution is 5.68. The monoisotopic (exact) mass is 347 g/mol. The van der Waals surface area contributed by atoms with E-state index in [-0.39, 0.29) is 12.1 Å². The van der Waals surface area contributed by atoms with Crippen molar-refractivity contribution in [2.24, 2.45) is 0 Å². The maximum Gasteiger partial charge on any atom is 0.410 e. The third-order valence-corrected chi connectivity index (χ3v) is 4.37. The fourth-order valence-electron chi connectivity index (χ4n) is 2.97. The second kappa shape index (κ2) is 7.45. The summed E-state index contributed by atoms with van der Waals surface area (Å²) >= 11 is 0. The van der Waals surface area contributed by atoms with E-state index < -0.39 is 5.60 Å². The van der Waals surface area contributed by atoms with Gasteiger partial charge in [-0.15, -0.1) is 0 Å². The summed E-state index contributed by atoms with van der Waals surface area (Å²) in [6.07, 6.45) is 6.89. The Labute approximate surface area is 149 Å².